The summed E-state index contributed by atoms with van der Waals surface area (Å²) in [5.74, 6) is 0.824. The second-order valence-corrected chi connectivity index (χ2v) is 8.60. The fraction of sp³-hybridized carbons (Fsp3) is 0.348. The van der Waals surface area contributed by atoms with Crippen molar-refractivity contribution in [2.75, 3.05) is 5.73 Å². The number of amides is 1. The zero-order chi connectivity index (χ0) is 20.6. The van der Waals surface area contributed by atoms with E-state index in [1.54, 1.807) is 6.07 Å². The predicted octanol–water partition coefficient (Wildman–Crippen LogP) is 4.85. The summed E-state index contributed by atoms with van der Waals surface area (Å²) in [6.45, 7) is 6.06. The first-order chi connectivity index (χ1) is 13.8. The van der Waals surface area contributed by atoms with Crippen molar-refractivity contribution in [3.63, 3.8) is 0 Å². The Bertz CT molecular complexity index is 1060. The van der Waals surface area contributed by atoms with Crippen molar-refractivity contribution in [2.45, 2.75) is 51.5 Å². The van der Waals surface area contributed by atoms with Crippen molar-refractivity contribution in [3.8, 4) is 11.5 Å². The number of hydrogen-bond donors (Lipinski definition) is 2. The van der Waals surface area contributed by atoms with Gasteiger partial charge in [0.1, 0.15) is 0 Å². The van der Waals surface area contributed by atoms with Crippen LogP contribution in [-0.4, -0.2) is 16.0 Å². The highest BCUT2D eigenvalue weighted by molar-refractivity contribution is 6.00. The Labute approximate surface area is 182 Å². The molecule has 158 valence electrons. The van der Waals surface area contributed by atoms with E-state index in [0.29, 0.717) is 22.8 Å². The van der Waals surface area contributed by atoms with Gasteiger partial charge in [-0.15, -0.1) is 12.4 Å². The van der Waals surface area contributed by atoms with Gasteiger partial charge in [0.15, 0.2) is 5.82 Å². The zero-order valence-electron chi connectivity index (χ0n) is 17.4. The van der Waals surface area contributed by atoms with Gasteiger partial charge in [-0.3, -0.25) is 4.79 Å². The second-order valence-electron chi connectivity index (χ2n) is 8.60. The van der Waals surface area contributed by atoms with Gasteiger partial charge in [-0.2, -0.15) is 4.98 Å². The molecule has 1 aliphatic rings. The molecule has 1 unspecified atom stereocenters. The van der Waals surface area contributed by atoms with Crippen molar-refractivity contribution in [3.05, 3.63) is 65.0 Å². The molecule has 1 aliphatic carbocycles. The summed E-state index contributed by atoms with van der Waals surface area (Å²) in [5, 5.41) is 7.28. The Morgan fingerprint density at radius 1 is 1.20 bits per heavy atom. The van der Waals surface area contributed by atoms with E-state index in [1.807, 2.05) is 57.2 Å². The Hall–Kier alpha value is -2.86. The lowest BCUT2D eigenvalue weighted by Gasteiger charge is -2.27. The number of nitrogens with two attached hydrogens (primary N) is 1. The number of benzene rings is 2. The number of nitrogens with zero attached hydrogens (tertiary/aromatic N) is 2. The van der Waals surface area contributed by atoms with Crippen LogP contribution < -0.4 is 11.1 Å². The monoisotopic (exact) mass is 426 g/mol. The van der Waals surface area contributed by atoms with Crippen LogP contribution >= 0.6 is 12.4 Å². The Morgan fingerprint density at radius 3 is 2.70 bits per heavy atom. The highest BCUT2D eigenvalue weighted by atomic mass is 35.5. The average molecular weight is 427 g/mol. The molecule has 3 N–H and O–H groups in total. The van der Waals surface area contributed by atoms with E-state index in [4.69, 9.17) is 10.3 Å². The smallest absolute Gasteiger partial charge is 0.258 e. The molecule has 0 aliphatic heterocycles. The van der Waals surface area contributed by atoms with Gasteiger partial charge in [-0.25, -0.2) is 0 Å². The fourth-order valence-electron chi connectivity index (χ4n) is 3.73. The minimum atomic E-state index is -0.230. The van der Waals surface area contributed by atoms with Gasteiger partial charge in [-0.05, 0) is 54.7 Å². The van der Waals surface area contributed by atoms with Gasteiger partial charge in [0.25, 0.3) is 11.8 Å². The molecule has 7 heteroatoms. The maximum absolute atomic E-state index is 13.2. The van der Waals surface area contributed by atoms with Crippen LogP contribution in [0.4, 0.5) is 5.69 Å². The quantitative estimate of drug-likeness (QED) is 0.584. The molecule has 0 saturated carbocycles. The fourth-order valence-corrected chi connectivity index (χ4v) is 3.73. The van der Waals surface area contributed by atoms with E-state index < -0.39 is 0 Å². The third-order valence-corrected chi connectivity index (χ3v) is 5.29. The lowest BCUT2D eigenvalue weighted by atomic mass is 9.87. The van der Waals surface area contributed by atoms with Gasteiger partial charge in [-0.1, -0.05) is 44.1 Å². The molecule has 30 heavy (non-hydrogen) atoms. The van der Waals surface area contributed by atoms with Crippen LogP contribution in [0.15, 0.2) is 47.0 Å². The standard InChI is InChI=1S/C23H26N4O2.ClH/c1-23(2,3)22-26-21(29-27-22)18-9-5-4-8-17(18)20(28)25-19-10-6-7-14-13-15(24)11-12-16(14)19;/h4-5,8-9,11-13,19H,6-7,10,24H2,1-3H3,(H,25,28);1H. The molecule has 3 aromatic rings. The summed E-state index contributed by atoms with van der Waals surface area (Å²) in [5.41, 5.74) is 9.97. The summed E-state index contributed by atoms with van der Waals surface area (Å²) in [7, 11) is 0. The molecule has 0 bridgehead atoms. The predicted molar refractivity (Wildman–Crippen MR) is 120 cm³/mol. The first-order valence-corrected chi connectivity index (χ1v) is 9.95. The summed E-state index contributed by atoms with van der Waals surface area (Å²) >= 11 is 0. The summed E-state index contributed by atoms with van der Waals surface area (Å²) in [6.07, 6.45) is 2.90. The van der Waals surface area contributed by atoms with E-state index in [0.717, 1.165) is 30.5 Å². The van der Waals surface area contributed by atoms with Crippen molar-refractivity contribution in [1.82, 2.24) is 15.5 Å². The first-order valence-electron chi connectivity index (χ1n) is 9.95. The van der Waals surface area contributed by atoms with Crippen LogP contribution in [-0.2, 0) is 11.8 Å². The topological polar surface area (TPSA) is 94.0 Å². The van der Waals surface area contributed by atoms with E-state index in [9.17, 15) is 4.79 Å². The Kier molecular flexibility index (Phi) is 6.17. The summed E-state index contributed by atoms with van der Waals surface area (Å²) in [4.78, 5) is 17.7. The van der Waals surface area contributed by atoms with E-state index >= 15 is 0 Å². The molecule has 0 fully saturated rings. The molecule has 0 saturated heterocycles. The van der Waals surface area contributed by atoms with Crippen LogP contribution in [0.5, 0.6) is 0 Å². The molecule has 1 atom stereocenters. The highest BCUT2D eigenvalue weighted by Gasteiger charge is 2.26. The van der Waals surface area contributed by atoms with Crippen molar-refractivity contribution < 1.29 is 9.32 Å². The minimum absolute atomic E-state index is 0. The third kappa shape index (κ3) is 4.33. The van der Waals surface area contributed by atoms with Crippen LogP contribution in [0.3, 0.4) is 0 Å². The lowest BCUT2D eigenvalue weighted by Crippen LogP contribution is -2.31. The SMILES string of the molecule is CC(C)(C)c1noc(-c2ccccc2C(=O)NC2CCCc3cc(N)ccc32)n1.Cl. The first kappa shape index (κ1) is 21.8. The number of fused-ring (bicyclic) bond motifs is 1. The van der Waals surface area contributed by atoms with Gasteiger partial charge in [0, 0.05) is 11.1 Å². The van der Waals surface area contributed by atoms with Crippen molar-refractivity contribution in [1.29, 1.82) is 0 Å². The van der Waals surface area contributed by atoms with E-state index in [1.165, 1.54) is 5.56 Å². The molecular formula is C23H27ClN4O2. The zero-order valence-corrected chi connectivity index (χ0v) is 18.3. The molecule has 4 rings (SSSR count). The van der Waals surface area contributed by atoms with E-state index in [-0.39, 0.29) is 29.8 Å². The summed E-state index contributed by atoms with van der Waals surface area (Å²) < 4.78 is 5.47. The molecule has 2 aromatic carbocycles. The highest BCUT2D eigenvalue weighted by Crippen LogP contribution is 2.32. The van der Waals surface area contributed by atoms with E-state index in [2.05, 4.69) is 15.5 Å². The number of rotatable bonds is 3. The third-order valence-electron chi connectivity index (χ3n) is 5.29. The molecule has 1 amide bonds. The van der Waals surface area contributed by atoms with Gasteiger partial charge < -0.3 is 15.6 Å². The van der Waals surface area contributed by atoms with Crippen LogP contribution in [0.2, 0.25) is 0 Å². The number of aryl methyl sites for hydroxylation is 1. The number of hydrogen-bond acceptors (Lipinski definition) is 5. The van der Waals surface area contributed by atoms with Gasteiger partial charge in [0.05, 0.1) is 17.2 Å². The molecule has 1 aromatic heterocycles. The van der Waals surface area contributed by atoms with Crippen molar-refractivity contribution >= 4 is 24.0 Å². The molecule has 6 nitrogen and oxygen atoms in total. The lowest BCUT2D eigenvalue weighted by molar-refractivity contribution is 0.0933. The number of carbonyl (C=O) groups is 1. The van der Waals surface area contributed by atoms with Crippen LogP contribution in [0.25, 0.3) is 11.5 Å². The van der Waals surface area contributed by atoms with Gasteiger partial charge in [0.2, 0.25) is 0 Å². The number of nitrogens with one attached hydrogen (secondary N) is 1. The number of carbonyl (C=O) groups excluding carboxylic acids is 1. The van der Waals surface area contributed by atoms with Crippen LogP contribution in [0, 0.1) is 0 Å². The summed E-state index contributed by atoms with van der Waals surface area (Å²) in [6, 6.07) is 13.2. The molecular weight excluding hydrogens is 400 g/mol. The number of halogens is 1. The normalized spacial score (nSPS) is 15.8. The second kappa shape index (κ2) is 8.48. The van der Waals surface area contributed by atoms with Crippen LogP contribution in [0.1, 0.15) is 67.0 Å². The minimum Gasteiger partial charge on any atom is -0.399 e. The Morgan fingerprint density at radius 2 is 1.97 bits per heavy atom. The maximum Gasteiger partial charge on any atom is 0.258 e. The number of anilines is 1. The number of nitrogen functional groups attached to an aromatic ring is 1. The molecule has 0 radical (unpaired) electrons. The Balaban J connectivity index is 0.00000256. The van der Waals surface area contributed by atoms with Gasteiger partial charge >= 0.3 is 0 Å². The number of aromatic nitrogens is 2. The largest absolute Gasteiger partial charge is 0.399 e. The maximum atomic E-state index is 13.2. The molecule has 1 heterocycles. The molecule has 0 spiro atoms. The average Bonchev–Trinajstić information content (AvgIpc) is 3.18. The van der Waals surface area contributed by atoms with Crippen molar-refractivity contribution in [2.24, 2.45) is 0 Å².